The number of fused-ring (bicyclic) bond motifs is 13. The summed E-state index contributed by atoms with van der Waals surface area (Å²) in [6.07, 6.45) is 3.76. The maximum Gasteiger partial charge on any atom is 0.262 e. The van der Waals surface area contributed by atoms with Crippen molar-refractivity contribution in [3.8, 4) is 5.75 Å². The van der Waals surface area contributed by atoms with E-state index >= 15 is 0 Å². The Hall–Kier alpha value is -5.18. The van der Waals surface area contributed by atoms with Crippen molar-refractivity contribution in [3.63, 3.8) is 0 Å². The van der Waals surface area contributed by atoms with Gasteiger partial charge in [-0.1, -0.05) is 60.7 Å². The molecule has 1 N–H and O–H groups in total. The van der Waals surface area contributed by atoms with E-state index in [0.717, 1.165) is 49.2 Å². The third-order valence-corrected chi connectivity index (χ3v) is 10.6. The van der Waals surface area contributed by atoms with E-state index in [9.17, 15) is 14.7 Å². The van der Waals surface area contributed by atoms with Gasteiger partial charge in [0.05, 0.1) is 60.0 Å². The van der Waals surface area contributed by atoms with Crippen LogP contribution in [0, 0.1) is 0 Å². The van der Waals surface area contributed by atoms with Crippen molar-refractivity contribution in [1.82, 2.24) is 18.9 Å². The normalized spacial score (nSPS) is 21.6. The van der Waals surface area contributed by atoms with Crippen molar-refractivity contribution in [2.75, 3.05) is 20.2 Å². The lowest BCUT2D eigenvalue weighted by molar-refractivity contribution is 0.0495. The average Bonchev–Trinajstić information content (AvgIpc) is 3.75. The van der Waals surface area contributed by atoms with Crippen LogP contribution in [0.25, 0.3) is 43.6 Å². The van der Waals surface area contributed by atoms with Crippen LogP contribution >= 0.6 is 0 Å². The van der Waals surface area contributed by atoms with Crippen LogP contribution in [0.1, 0.15) is 44.8 Å². The van der Waals surface area contributed by atoms with Gasteiger partial charge in [-0.15, -0.1) is 13.2 Å². The minimum atomic E-state index is -0.694. The van der Waals surface area contributed by atoms with Crippen LogP contribution < -0.4 is 4.74 Å². The predicted molar refractivity (Wildman–Crippen MR) is 184 cm³/mol. The van der Waals surface area contributed by atoms with E-state index in [-0.39, 0.29) is 36.5 Å². The van der Waals surface area contributed by atoms with E-state index in [1.807, 2.05) is 66.7 Å². The number of ether oxygens (including phenoxy) is 1. The van der Waals surface area contributed by atoms with E-state index < -0.39 is 6.10 Å². The fraction of sp³-hybridized carbons (Fsp3) is 0.231. The van der Waals surface area contributed by atoms with Crippen molar-refractivity contribution >= 4 is 55.4 Å². The molecule has 6 aromatic rings. The molecule has 0 saturated heterocycles. The number of methoxy groups -OCH3 is 1. The minimum Gasteiger partial charge on any atom is -0.497 e. The van der Waals surface area contributed by atoms with Gasteiger partial charge in [0.2, 0.25) is 0 Å². The fourth-order valence-corrected chi connectivity index (χ4v) is 8.89. The molecule has 4 aromatic carbocycles. The average molecular weight is 623 g/mol. The molecule has 0 spiro atoms. The maximum absolute atomic E-state index is 14.6. The van der Waals surface area contributed by atoms with E-state index in [2.05, 4.69) is 45.4 Å². The van der Waals surface area contributed by atoms with Gasteiger partial charge in [0, 0.05) is 45.7 Å². The molecule has 2 bridgehead atoms. The monoisotopic (exact) mass is 622 g/mol. The van der Waals surface area contributed by atoms with Gasteiger partial charge >= 0.3 is 0 Å². The highest BCUT2D eigenvalue weighted by Gasteiger charge is 2.52. The van der Waals surface area contributed by atoms with Crippen molar-refractivity contribution < 1.29 is 19.4 Å². The molecule has 3 aliphatic rings. The number of aromatic nitrogens is 2. The molecular weight excluding hydrogens is 588 g/mol. The molecule has 2 aliphatic heterocycles. The van der Waals surface area contributed by atoms with Gasteiger partial charge in [-0.05, 0) is 36.2 Å². The summed E-state index contributed by atoms with van der Waals surface area (Å²) in [6, 6.07) is 23.2. The van der Waals surface area contributed by atoms with Crippen LogP contribution in [0.5, 0.6) is 5.75 Å². The summed E-state index contributed by atoms with van der Waals surface area (Å²) in [5, 5.41) is 15.7. The van der Waals surface area contributed by atoms with Gasteiger partial charge in [-0.25, -0.2) is 0 Å². The smallest absolute Gasteiger partial charge is 0.262 e. The third-order valence-electron chi connectivity index (χ3n) is 10.6. The first-order valence-electron chi connectivity index (χ1n) is 16.1. The SMILES string of the molecule is C=CCN(CC=C)[C@H]1[C@H](O)[C@@H]2C[C@H]1n1c3ccccc3c3c4c(c5c6ccccc6n2c5c31)C(=O)N(Cc1ccc(OC)cc1)C4=O. The summed E-state index contributed by atoms with van der Waals surface area (Å²) in [6.45, 7) is 9.38. The number of hydrogen-bond donors (Lipinski definition) is 1. The Kier molecular flexibility index (Phi) is 6.07. The number of imide groups is 1. The van der Waals surface area contributed by atoms with Crippen LogP contribution in [0.4, 0.5) is 0 Å². The van der Waals surface area contributed by atoms with Gasteiger partial charge in [0.25, 0.3) is 11.8 Å². The largest absolute Gasteiger partial charge is 0.497 e. The molecule has 8 nitrogen and oxygen atoms in total. The highest BCUT2D eigenvalue weighted by Crippen LogP contribution is 2.55. The molecule has 4 atom stereocenters. The molecule has 0 unspecified atom stereocenters. The summed E-state index contributed by atoms with van der Waals surface area (Å²) >= 11 is 0. The molecule has 8 heteroatoms. The zero-order chi connectivity index (χ0) is 32.1. The van der Waals surface area contributed by atoms with Crippen molar-refractivity contribution in [1.29, 1.82) is 0 Å². The van der Waals surface area contributed by atoms with Crippen LogP contribution in [0.3, 0.4) is 0 Å². The number of para-hydroxylation sites is 2. The first kappa shape index (κ1) is 28.1. The first-order valence-corrected chi connectivity index (χ1v) is 16.1. The number of benzene rings is 4. The number of aliphatic hydroxyl groups is 1. The third kappa shape index (κ3) is 3.59. The Bertz CT molecular complexity index is 2320. The highest BCUT2D eigenvalue weighted by molar-refractivity contribution is 6.39. The lowest BCUT2D eigenvalue weighted by Crippen LogP contribution is -2.46. The van der Waals surface area contributed by atoms with Crippen molar-refractivity contribution in [3.05, 3.63) is 115 Å². The quantitative estimate of drug-likeness (QED) is 0.153. The molecular formula is C39H34N4O4. The van der Waals surface area contributed by atoms with E-state index in [0.29, 0.717) is 36.4 Å². The number of aliphatic hydroxyl groups excluding tert-OH is 1. The van der Waals surface area contributed by atoms with Crippen LogP contribution in [-0.4, -0.2) is 68.2 Å². The zero-order valence-corrected chi connectivity index (χ0v) is 26.1. The van der Waals surface area contributed by atoms with E-state index in [1.165, 1.54) is 4.90 Å². The van der Waals surface area contributed by atoms with Gasteiger partial charge in [-0.2, -0.15) is 0 Å². The fourth-order valence-electron chi connectivity index (χ4n) is 8.89. The number of carbonyl (C=O) groups is 2. The zero-order valence-electron chi connectivity index (χ0n) is 26.1. The summed E-state index contributed by atoms with van der Waals surface area (Å²) in [5.74, 6) is 0.135. The molecule has 2 amide bonds. The standard InChI is InChI=1S/C39H34N4O4/c1-4-18-40(19-5-2)34-28-20-29(37(34)44)43-27-13-9-7-11-25(27)31-33-32(30-24-10-6-8-12-26(24)42(28)35(30)36(31)43)38(45)41(39(33)46)21-22-14-16-23(47-3)17-15-22/h4-17,28-29,34,37,44H,1-2,18-21H2,3H3/t28-,29+,34-,37-/m1/s1. The van der Waals surface area contributed by atoms with E-state index in [4.69, 9.17) is 4.74 Å². The van der Waals surface area contributed by atoms with Crippen LogP contribution in [-0.2, 0) is 6.54 Å². The molecule has 234 valence electrons. The second-order valence-electron chi connectivity index (χ2n) is 12.9. The summed E-state index contributed by atoms with van der Waals surface area (Å²) in [7, 11) is 1.61. The summed E-state index contributed by atoms with van der Waals surface area (Å²) < 4.78 is 9.97. The Morgan fingerprint density at radius 1 is 0.809 bits per heavy atom. The van der Waals surface area contributed by atoms with Crippen LogP contribution in [0.15, 0.2) is 98.1 Å². The Morgan fingerprint density at radius 2 is 1.34 bits per heavy atom. The minimum absolute atomic E-state index is 0.0974. The second kappa shape index (κ2) is 10.2. The maximum atomic E-state index is 14.6. The molecule has 1 fully saturated rings. The first-order chi connectivity index (χ1) is 23.0. The Balaban J connectivity index is 1.39. The molecule has 0 radical (unpaired) electrons. The molecule has 1 saturated carbocycles. The Labute approximate surface area is 271 Å². The lowest BCUT2D eigenvalue weighted by Gasteiger charge is -2.36. The summed E-state index contributed by atoms with van der Waals surface area (Å²) in [4.78, 5) is 32.9. The topological polar surface area (TPSA) is 79.9 Å². The highest BCUT2D eigenvalue weighted by atomic mass is 16.5. The van der Waals surface area contributed by atoms with Gasteiger partial charge in [-0.3, -0.25) is 19.4 Å². The molecule has 2 aromatic heterocycles. The van der Waals surface area contributed by atoms with Crippen molar-refractivity contribution in [2.45, 2.75) is 37.2 Å². The van der Waals surface area contributed by atoms with E-state index in [1.54, 1.807) is 7.11 Å². The number of nitrogens with zero attached hydrogens (tertiary/aromatic N) is 4. The molecule has 1 aliphatic carbocycles. The molecule has 9 rings (SSSR count). The van der Waals surface area contributed by atoms with Crippen LogP contribution in [0.2, 0.25) is 0 Å². The Morgan fingerprint density at radius 3 is 1.87 bits per heavy atom. The number of amides is 2. The predicted octanol–water partition coefficient (Wildman–Crippen LogP) is 6.61. The number of rotatable bonds is 8. The van der Waals surface area contributed by atoms with Crippen molar-refractivity contribution in [2.24, 2.45) is 0 Å². The summed E-state index contributed by atoms with van der Waals surface area (Å²) in [5.41, 5.74) is 5.56. The van der Waals surface area contributed by atoms with Gasteiger partial charge < -0.3 is 19.0 Å². The molecule has 4 heterocycles. The second-order valence-corrected chi connectivity index (χ2v) is 12.9. The van der Waals surface area contributed by atoms with Gasteiger partial charge in [0.15, 0.2) is 0 Å². The lowest BCUT2D eigenvalue weighted by atomic mass is 9.96. The molecule has 47 heavy (non-hydrogen) atoms. The number of hydrogen-bond acceptors (Lipinski definition) is 5. The van der Waals surface area contributed by atoms with Gasteiger partial charge in [0.1, 0.15) is 5.75 Å². The number of carbonyl (C=O) groups excluding carboxylic acids is 2.